The number of rotatable bonds is 8. The predicted octanol–water partition coefficient (Wildman–Crippen LogP) is 4.28. The van der Waals surface area contributed by atoms with Gasteiger partial charge in [0.1, 0.15) is 12.4 Å². The molecule has 1 amide bonds. The smallest absolute Gasteiger partial charge is 0.256 e. The molecule has 1 aromatic heterocycles. The lowest BCUT2D eigenvalue weighted by atomic mass is 10.2. The van der Waals surface area contributed by atoms with Gasteiger partial charge in [0.15, 0.2) is 0 Å². The van der Waals surface area contributed by atoms with Crippen LogP contribution in [0.25, 0.3) is 0 Å². The highest BCUT2D eigenvalue weighted by molar-refractivity contribution is 5.93. The minimum absolute atomic E-state index is 0.0588. The summed E-state index contributed by atoms with van der Waals surface area (Å²) in [5.74, 6) is 1.17. The average molecular weight is 376 g/mol. The van der Waals surface area contributed by atoms with Gasteiger partial charge in [-0.05, 0) is 43.7 Å². The van der Waals surface area contributed by atoms with E-state index in [2.05, 4.69) is 15.3 Å². The summed E-state index contributed by atoms with van der Waals surface area (Å²) in [4.78, 5) is 22.5. The van der Waals surface area contributed by atoms with Gasteiger partial charge in [0.2, 0.25) is 5.95 Å². The van der Waals surface area contributed by atoms with Crippen LogP contribution in [-0.2, 0) is 6.61 Å². The molecule has 144 valence electrons. The molecule has 3 rings (SSSR count). The van der Waals surface area contributed by atoms with Crippen LogP contribution in [-0.4, -0.2) is 33.9 Å². The maximum atomic E-state index is 12.3. The summed E-state index contributed by atoms with van der Waals surface area (Å²) in [5, 5.41) is 3.13. The summed E-state index contributed by atoms with van der Waals surface area (Å²) in [6, 6.07) is 17.6. The third kappa shape index (κ3) is 5.07. The van der Waals surface area contributed by atoms with E-state index in [4.69, 9.17) is 4.74 Å². The molecule has 0 aliphatic rings. The van der Waals surface area contributed by atoms with Crippen molar-refractivity contribution in [2.45, 2.75) is 20.5 Å². The van der Waals surface area contributed by atoms with Crippen LogP contribution in [0.4, 0.5) is 11.6 Å². The van der Waals surface area contributed by atoms with Gasteiger partial charge in [0.25, 0.3) is 5.91 Å². The summed E-state index contributed by atoms with van der Waals surface area (Å²) in [6.07, 6.45) is 3.10. The molecular weight excluding hydrogens is 352 g/mol. The SMILES string of the molecule is CCN(CC)C(=O)c1cnc(Nc2ccc(OCc3ccccc3)cc2)nc1. The van der Waals surface area contributed by atoms with Crippen LogP contribution in [0.2, 0.25) is 0 Å². The summed E-state index contributed by atoms with van der Waals surface area (Å²) in [7, 11) is 0. The zero-order chi connectivity index (χ0) is 19.8. The summed E-state index contributed by atoms with van der Waals surface area (Å²) in [6.45, 7) is 5.75. The van der Waals surface area contributed by atoms with Crippen LogP contribution in [0.3, 0.4) is 0 Å². The number of carbonyl (C=O) groups is 1. The second-order valence-corrected chi connectivity index (χ2v) is 6.20. The van der Waals surface area contributed by atoms with Crippen LogP contribution >= 0.6 is 0 Å². The fourth-order valence-corrected chi connectivity index (χ4v) is 2.70. The second kappa shape index (κ2) is 9.50. The summed E-state index contributed by atoms with van der Waals surface area (Å²) < 4.78 is 5.78. The minimum atomic E-state index is -0.0588. The Morgan fingerprint density at radius 3 is 2.21 bits per heavy atom. The zero-order valence-electron chi connectivity index (χ0n) is 16.1. The number of carbonyl (C=O) groups excluding carboxylic acids is 1. The van der Waals surface area contributed by atoms with Crippen LogP contribution in [0.1, 0.15) is 29.8 Å². The first-order chi connectivity index (χ1) is 13.7. The van der Waals surface area contributed by atoms with E-state index in [1.165, 1.54) is 0 Å². The van der Waals surface area contributed by atoms with Gasteiger partial charge in [-0.15, -0.1) is 0 Å². The monoisotopic (exact) mass is 376 g/mol. The highest BCUT2D eigenvalue weighted by atomic mass is 16.5. The molecule has 0 atom stereocenters. The first kappa shape index (κ1) is 19.4. The molecule has 0 bridgehead atoms. The topological polar surface area (TPSA) is 67.4 Å². The number of amides is 1. The van der Waals surface area contributed by atoms with Crippen molar-refractivity contribution >= 4 is 17.5 Å². The van der Waals surface area contributed by atoms with Crippen molar-refractivity contribution in [1.82, 2.24) is 14.9 Å². The quantitative estimate of drug-likeness (QED) is 0.635. The van der Waals surface area contributed by atoms with E-state index in [1.807, 2.05) is 68.4 Å². The molecule has 0 spiro atoms. The fraction of sp³-hybridized carbons (Fsp3) is 0.227. The van der Waals surface area contributed by atoms with E-state index in [1.54, 1.807) is 17.3 Å². The third-order valence-electron chi connectivity index (χ3n) is 4.31. The van der Waals surface area contributed by atoms with E-state index >= 15 is 0 Å². The van der Waals surface area contributed by atoms with E-state index in [-0.39, 0.29) is 5.91 Å². The third-order valence-corrected chi connectivity index (χ3v) is 4.31. The van der Waals surface area contributed by atoms with Gasteiger partial charge in [-0.3, -0.25) is 4.79 Å². The van der Waals surface area contributed by atoms with E-state index in [0.29, 0.717) is 31.2 Å². The molecular formula is C22H24N4O2. The maximum absolute atomic E-state index is 12.3. The minimum Gasteiger partial charge on any atom is -0.489 e. The Hall–Kier alpha value is -3.41. The second-order valence-electron chi connectivity index (χ2n) is 6.20. The van der Waals surface area contributed by atoms with Gasteiger partial charge in [-0.25, -0.2) is 9.97 Å². The molecule has 0 aliphatic carbocycles. The Morgan fingerprint density at radius 2 is 1.61 bits per heavy atom. The first-order valence-corrected chi connectivity index (χ1v) is 9.34. The van der Waals surface area contributed by atoms with E-state index < -0.39 is 0 Å². The molecule has 0 unspecified atom stereocenters. The largest absolute Gasteiger partial charge is 0.489 e. The molecule has 0 saturated heterocycles. The molecule has 3 aromatic rings. The zero-order valence-corrected chi connectivity index (χ0v) is 16.1. The number of hydrogen-bond donors (Lipinski definition) is 1. The Labute approximate surface area is 165 Å². The molecule has 1 heterocycles. The molecule has 6 heteroatoms. The molecule has 0 radical (unpaired) electrons. The van der Waals surface area contributed by atoms with Crippen LogP contribution in [0.5, 0.6) is 5.75 Å². The lowest BCUT2D eigenvalue weighted by molar-refractivity contribution is 0.0772. The normalized spacial score (nSPS) is 10.4. The standard InChI is InChI=1S/C22H24N4O2/c1-3-26(4-2)21(27)18-14-23-22(24-15-18)25-19-10-12-20(13-11-19)28-16-17-8-6-5-7-9-17/h5-15H,3-4,16H2,1-2H3,(H,23,24,25). The van der Waals surface area contributed by atoms with Crippen LogP contribution < -0.4 is 10.1 Å². The average Bonchev–Trinajstić information content (AvgIpc) is 2.75. The molecule has 6 nitrogen and oxygen atoms in total. The van der Waals surface area contributed by atoms with Gasteiger partial charge in [-0.2, -0.15) is 0 Å². The lowest BCUT2D eigenvalue weighted by Gasteiger charge is -2.18. The van der Waals surface area contributed by atoms with Crippen molar-refractivity contribution in [3.63, 3.8) is 0 Å². The number of ether oxygens (including phenoxy) is 1. The highest BCUT2D eigenvalue weighted by Gasteiger charge is 2.13. The number of anilines is 2. The Balaban J connectivity index is 1.57. The Morgan fingerprint density at radius 1 is 0.964 bits per heavy atom. The Kier molecular flexibility index (Phi) is 6.57. The number of benzene rings is 2. The highest BCUT2D eigenvalue weighted by Crippen LogP contribution is 2.19. The molecule has 0 fully saturated rings. The van der Waals surface area contributed by atoms with Crippen LogP contribution in [0.15, 0.2) is 67.0 Å². The predicted molar refractivity (Wildman–Crippen MR) is 110 cm³/mol. The van der Waals surface area contributed by atoms with Crippen molar-refractivity contribution in [2.24, 2.45) is 0 Å². The number of nitrogens with one attached hydrogen (secondary N) is 1. The number of hydrogen-bond acceptors (Lipinski definition) is 5. The van der Waals surface area contributed by atoms with Gasteiger partial charge in [-0.1, -0.05) is 30.3 Å². The van der Waals surface area contributed by atoms with Crippen LogP contribution in [0, 0.1) is 0 Å². The summed E-state index contributed by atoms with van der Waals surface area (Å²) in [5.41, 5.74) is 2.45. The fourth-order valence-electron chi connectivity index (χ4n) is 2.70. The van der Waals surface area contributed by atoms with Gasteiger partial charge < -0.3 is 15.0 Å². The molecule has 2 aromatic carbocycles. The van der Waals surface area contributed by atoms with Crippen molar-refractivity contribution in [3.8, 4) is 5.75 Å². The maximum Gasteiger partial charge on any atom is 0.256 e. The molecule has 0 saturated carbocycles. The first-order valence-electron chi connectivity index (χ1n) is 9.34. The van der Waals surface area contributed by atoms with Crippen molar-refractivity contribution < 1.29 is 9.53 Å². The summed E-state index contributed by atoms with van der Waals surface area (Å²) >= 11 is 0. The van der Waals surface area contributed by atoms with Crippen molar-refractivity contribution in [2.75, 3.05) is 18.4 Å². The lowest BCUT2D eigenvalue weighted by Crippen LogP contribution is -2.30. The molecule has 1 N–H and O–H groups in total. The molecule has 0 aliphatic heterocycles. The van der Waals surface area contributed by atoms with Gasteiger partial charge in [0.05, 0.1) is 5.56 Å². The van der Waals surface area contributed by atoms with E-state index in [9.17, 15) is 4.79 Å². The van der Waals surface area contributed by atoms with Gasteiger partial charge >= 0.3 is 0 Å². The van der Waals surface area contributed by atoms with Crippen molar-refractivity contribution in [1.29, 1.82) is 0 Å². The van der Waals surface area contributed by atoms with Crippen molar-refractivity contribution in [3.05, 3.63) is 78.1 Å². The number of nitrogens with zero attached hydrogens (tertiary/aromatic N) is 3. The van der Waals surface area contributed by atoms with Gasteiger partial charge in [0, 0.05) is 31.2 Å². The Bertz CT molecular complexity index is 877. The van der Waals surface area contributed by atoms with E-state index in [0.717, 1.165) is 17.0 Å². The number of aromatic nitrogens is 2. The molecule has 28 heavy (non-hydrogen) atoms.